The van der Waals surface area contributed by atoms with Crippen molar-refractivity contribution in [2.24, 2.45) is 0 Å². The molecule has 0 N–H and O–H groups in total. The lowest BCUT2D eigenvalue weighted by Crippen LogP contribution is -2.30. The molecule has 0 rings (SSSR count). The van der Waals surface area contributed by atoms with Gasteiger partial charge in [0.2, 0.25) is 0 Å². The van der Waals surface area contributed by atoms with Gasteiger partial charge in [-0.1, -0.05) is 187 Å². The minimum absolute atomic E-state index is 0.121. The average Bonchev–Trinajstić information content (AvgIpc) is 3.27. The van der Waals surface area contributed by atoms with Crippen molar-refractivity contribution in [1.82, 2.24) is 0 Å². The molecule has 0 aromatic heterocycles. The highest BCUT2D eigenvalue weighted by Crippen LogP contribution is 2.12. The average molecular weight is 857 g/mol. The van der Waals surface area contributed by atoms with Crippen LogP contribution in [0.1, 0.15) is 194 Å². The van der Waals surface area contributed by atoms with Crippen molar-refractivity contribution < 1.29 is 28.6 Å². The van der Waals surface area contributed by atoms with Crippen molar-refractivity contribution in [1.29, 1.82) is 0 Å². The van der Waals surface area contributed by atoms with E-state index >= 15 is 0 Å². The maximum atomic E-state index is 12.7. The summed E-state index contributed by atoms with van der Waals surface area (Å²) in [5.41, 5.74) is 0. The molecule has 0 saturated carbocycles. The minimum atomic E-state index is -0.829. The Labute approximate surface area is 380 Å². The topological polar surface area (TPSA) is 78.9 Å². The second-order valence-corrected chi connectivity index (χ2v) is 15.6. The quantitative estimate of drug-likeness (QED) is 0.0263. The molecule has 0 saturated heterocycles. The standard InChI is InChI=1S/C56H88O6/c1-4-7-10-13-16-19-22-24-25-26-27-28-29-30-31-33-34-37-40-43-46-49-55(58)61-52-53(51-60-54(57)48-45-42-39-36-21-18-15-12-9-6-3)62-56(59)50-47-44-41-38-35-32-23-20-17-14-11-8-5-2/h7-8,10-12,15-17,19-20,24-25,27-28,30-32,35,41,44,53H,4-6,9,13-14,18,21-23,26,29,33-34,36-40,42-43,45-52H2,1-3H3/b10-7-,11-8-,15-12-,19-16-,20-17-,25-24-,28-27-,31-30-,35-32-,44-41-. The van der Waals surface area contributed by atoms with Crippen molar-refractivity contribution in [3.05, 3.63) is 122 Å². The summed E-state index contributed by atoms with van der Waals surface area (Å²) >= 11 is 0. The van der Waals surface area contributed by atoms with E-state index in [0.717, 1.165) is 135 Å². The Hall–Kier alpha value is -4.19. The Morgan fingerprint density at radius 1 is 0.339 bits per heavy atom. The zero-order chi connectivity index (χ0) is 45.1. The summed E-state index contributed by atoms with van der Waals surface area (Å²) in [7, 11) is 0. The second-order valence-electron chi connectivity index (χ2n) is 15.6. The first kappa shape index (κ1) is 57.8. The first-order valence-corrected chi connectivity index (χ1v) is 24.5. The summed E-state index contributed by atoms with van der Waals surface area (Å²) in [6.07, 6.45) is 67.7. The van der Waals surface area contributed by atoms with E-state index in [9.17, 15) is 14.4 Å². The molecule has 0 aliphatic heterocycles. The van der Waals surface area contributed by atoms with Gasteiger partial charge in [-0.15, -0.1) is 0 Å². The van der Waals surface area contributed by atoms with E-state index in [1.165, 1.54) is 12.8 Å². The summed E-state index contributed by atoms with van der Waals surface area (Å²) < 4.78 is 16.6. The number of hydrogen-bond acceptors (Lipinski definition) is 6. The number of ether oxygens (including phenoxy) is 3. The van der Waals surface area contributed by atoms with Crippen LogP contribution in [0.4, 0.5) is 0 Å². The van der Waals surface area contributed by atoms with Crippen LogP contribution in [0.5, 0.6) is 0 Å². The molecule has 0 heterocycles. The van der Waals surface area contributed by atoms with Gasteiger partial charge in [0, 0.05) is 19.3 Å². The largest absolute Gasteiger partial charge is 0.462 e. The van der Waals surface area contributed by atoms with Gasteiger partial charge >= 0.3 is 17.9 Å². The van der Waals surface area contributed by atoms with E-state index in [2.05, 4.69) is 130 Å². The number of carbonyl (C=O) groups is 3. The molecule has 1 atom stereocenters. The van der Waals surface area contributed by atoms with Crippen molar-refractivity contribution in [2.45, 2.75) is 200 Å². The molecule has 1 unspecified atom stereocenters. The molecule has 0 aromatic carbocycles. The summed E-state index contributed by atoms with van der Waals surface area (Å²) in [6, 6.07) is 0. The van der Waals surface area contributed by atoms with Crippen LogP contribution in [0, 0.1) is 0 Å². The van der Waals surface area contributed by atoms with Crippen LogP contribution in [-0.2, 0) is 28.6 Å². The van der Waals surface area contributed by atoms with Gasteiger partial charge in [0.15, 0.2) is 6.10 Å². The van der Waals surface area contributed by atoms with E-state index in [0.29, 0.717) is 19.3 Å². The Bertz CT molecular complexity index is 1350. The van der Waals surface area contributed by atoms with Crippen LogP contribution in [0.25, 0.3) is 0 Å². The number of allylic oxidation sites excluding steroid dienone is 20. The normalized spacial score (nSPS) is 13.1. The first-order chi connectivity index (χ1) is 30.5. The number of esters is 3. The summed E-state index contributed by atoms with van der Waals surface area (Å²) in [4.78, 5) is 37.8. The van der Waals surface area contributed by atoms with Gasteiger partial charge in [-0.3, -0.25) is 14.4 Å². The molecule has 0 radical (unpaired) electrons. The first-order valence-electron chi connectivity index (χ1n) is 24.5. The predicted molar refractivity (Wildman–Crippen MR) is 265 cm³/mol. The molecule has 0 spiro atoms. The molecule has 348 valence electrons. The lowest BCUT2D eigenvalue weighted by molar-refractivity contribution is -0.166. The molecule has 0 bridgehead atoms. The fraction of sp³-hybridized carbons (Fsp3) is 0.589. The molecule has 0 aliphatic rings. The molecule has 0 amide bonds. The zero-order valence-electron chi connectivity index (χ0n) is 39.6. The molecule has 62 heavy (non-hydrogen) atoms. The van der Waals surface area contributed by atoms with E-state index < -0.39 is 12.1 Å². The monoisotopic (exact) mass is 857 g/mol. The van der Waals surface area contributed by atoms with Gasteiger partial charge in [-0.2, -0.15) is 0 Å². The highest BCUT2D eigenvalue weighted by atomic mass is 16.6. The van der Waals surface area contributed by atoms with Crippen LogP contribution in [0.2, 0.25) is 0 Å². The van der Waals surface area contributed by atoms with Crippen LogP contribution < -0.4 is 0 Å². The maximum Gasteiger partial charge on any atom is 0.306 e. The van der Waals surface area contributed by atoms with Crippen LogP contribution in [0.3, 0.4) is 0 Å². The Morgan fingerprint density at radius 3 is 1.06 bits per heavy atom. The van der Waals surface area contributed by atoms with Gasteiger partial charge in [0.25, 0.3) is 0 Å². The van der Waals surface area contributed by atoms with Gasteiger partial charge in [-0.05, 0) is 109 Å². The van der Waals surface area contributed by atoms with E-state index in [1.807, 2.05) is 12.2 Å². The number of carbonyl (C=O) groups excluding carboxylic acids is 3. The van der Waals surface area contributed by atoms with Crippen molar-refractivity contribution in [3.63, 3.8) is 0 Å². The molecule has 6 nitrogen and oxygen atoms in total. The fourth-order valence-corrected chi connectivity index (χ4v) is 6.07. The van der Waals surface area contributed by atoms with Gasteiger partial charge < -0.3 is 14.2 Å². The lowest BCUT2D eigenvalue weighted by atomic mass is 10.1. The summed E-state index contributed by atoms with van der Waals surface area (Å²) in [5.74, 6) is -1.04. The van der Waals surface area contributed by atoms with Crippen LogP contribution in [-0.4, -0.2) is 37.2 Å². The number of hydrogen-bond donors (Lipinski definition) is 0. The molecule has 0 aromatic rings. The lowest BCUT2D eigenvalue weighted by Gasteiger charge is -2.18. The fourth-order valence-electron chi connectivity index (χ4n) is 6.07. The van der Waals surface area contributed by atoms with E-state index in [-0.39, 0.29) is 31.6 Å². The molecular formula is C56H88O6. The Kier molecular flexibility index (Phi) is 46.1. The van der Waals surface area contributed by atoms with E-state index in [4.69, 9.17) is 14.2 Å². The van der Waals surface area contributed by atoms with Crippen molar-refractivity contribution in [3.8, 4) is 0 Å². The Morgan fingerprint density at radius 2 is 0.661 bits per heavy atom. The third-order valence-electron chi connectivity index (χ3n) is 9.68. The van der Waals surface area contributed by atoms with Crippen molar-refractivity contribution in [2.75, 3.05) is 13.2 Å². The molecule has 0 aliphatic carbocycles. The van der Waals surface area contributed by atoms with Crippen molar-refractivity contribution >= 4 is 17.9 Å². The highest BCUT2D eigenvalue weighted by molar-refractivity contribution is 5.71. The third kappa shape index (κ3) is 46.9. The van der Waals surface area contributed by atoms with E-state index in [1.54, 1.807) is 0 Å². The minimum Gasteiger partial charge on any atom is -0.462 e. The molecule has 6 heteroatoms. The summed E-state index contributed by atoms with van der Waals surface area (Å²) in [6.45, 7) is 6.23. The Balaban J connectivity index is 4.47. The number of rotatable bonds is 42. The summed E-state index contributed by atoms with van der Waals surface area (Å²) in [5, 5.41) is 0. The smallest absolute Gasteiger partial charge is 0.306 e. The number of unbranched alkanes of at least 4 members (excludes halogenated alkanes) is 11. The SMILES string of the molecule is CC/C=C\C/C=C\C/C=C\C/C=C\C/C=C\CCCCCCCC(=O)OCC(COC(=O)CCCCCCC/C=C\CCC)OC(=O)CC/C=C\C/C=C\C/C=C\C/C=C\CC. The second kappa shape index (κ2) is 49.5. The van der Waals surface area contributed by atoms with Crippen LogP contribution in [0.15, 0.2) is 122 Å². The predicted octanol–water partition coefficient (Wildman–Crippen LogP) is 16.1. The molecule has 0 fully saturated rings. The maximum absolute atomic E-state index is 12.7. The van der Waals surface area contributed by atoms with Gasteiger partial charge in [0.05, 0.1) is 0 Å². The highest BCUT2D eigenvalue weighted by Gasteiger charge is 2.19. The van der Waals surface area contributed by atoms with Crippen LogP contribution >= 0.6 is 0 Å². The van der Waals surface area contributed by atoms with Gasteiger partial charge in [0.1, 0.15) is 13.2 Å². The van der Waals surface area contributed by atoms with Gasteiger partial charge in [-0.25, -0.2) is 0 Å². The molecular weight excluding hydrogens is 769 g/mol. The third-order valence-corrected chi connectivity index (χ3v) is 9.68. The zero-order valence-corrected chi connectivity index (χ0v) is 39.6.